The van der Waals surface area contributed by atoms with E-state index in [0.29, 0.717) is 11.3 Å². The molecule has 2 aromatic rings. The highest BCUT2D eigenvalue weighted by atomic mass is 79.9. The van der Waals surface area contributed by atoms with Crippen molar-refractivity contribution in [2.45, 2.75) is 6.61 Å². The molecule has 0 radical (unpaired) electrons. The smallest absolute Gasteiger partial charge is 0.171 e. The van der Waals surface area contributed by atoms with Crippen LogP contribution in [0.15, 0.2) is 40.9 Å². The monoisotopic (exact) mass is 340 g/mol. The lowest BCUT2D eigenvalue weighted by Gasteiger charge is -2.11. The van der Waals surface area contributed by atoms with Crippen LogP contribution in [0.25, 0.3) is 0 Å². The van der Waals surface area contributed by atoms with Crippen LogP contribution in [0, 0.1) is 5.82 Å². The Hall–Kier alpha value is -1.75. The first-order chi connectivity index (χ1) is 9.65. The zero-order valence-electron chi connectivity index (χ0n) is 11.2. The molecule has 2 aromatic carbocycles. The van der Waals surface area contributed by atoms with Crippen LogP contribution in [0.2, 0.25) is 0 Å². The van der Waals surface area contributed by atoms with Crippen LogP contribution in [0.4, 0.5) is 4.39 Å². The Bertz CT molecular complexity index is 602. The average Bonchev–Trinajstić information content (AvgIpc) is 2.47. The lowest BCUT2D eigenvalue weighted by atomic mass is 10.2. The van der Waals surface area contributed by atoms with E-state index in [1.165, 1.54) is 7.11 Å². The highest BCUT2D eigenvalue weighted by molar-refractivity contribution is 9.10. The molecule has 20 heavy (non-hydrogen) atoms. The molecule has 0 aliphatic rings. The zero-order chi connectivity index (χ0) is 14.5. The van der Waals surface area contributed by atoms with Gasteiger partial charge in [0.1, 0.15) is 18.1 Å². The summed E-state index contributed by atoms with van der Waals surface area (Å²) in [7, 11) is 3.02. The fourth-order valence-corrected chi connectivity index (χ4v) is 2.18. The van der Waals surface area contributed by atoms with Crippen molar-refractivity contribution in [3.8, 4) is 17.2 Å². The number of ether oxygens (including phenoxy) is 3. The Morgan fingerprint density at radius 2 is 1.85 bits per heavy atom. The van der Waals surface area contributed by atoms with Gasteiger partial charge in [-0.3, -0.25) is 0 Å². The maximum Gasteiger partial charge on any atom is 0.171 e. The summed E-state index contributed by atoms with van der Waals surface area (Å²) in [6, 6.07) is 10.3. The van der Waals surface area contributed by atoms with Crippen LogP contribution in [-0.2, 0) is 6.61 Å². The maximum absolute atomic E-state index is 14.0. The van der Waals surface area contributed by atoms with Crippen LogP contribution < -0.4 is 14.2 Å². The third-order valence-corrected chi connectivity index (χ3v) is 3.41. The van der Waals surface area contributed by atoms with E-state index in [-0.39, 0.29) is 12.4 Å². The molecule has 0 saturated carbocycles. The Kier molecular flexibility index (Phi) is 4.84. The van der Waals surface area contributed by atoms with E-state index >= 15 is 0 Å². The highest BCUT2D eigenvalue weighted by Gasteiger charge is 2.10. The minimum Gasteiger partial charge on any atom is -0.497 e. The van der Waals surface area contributed by atoms with Crippen LogP contribution in [0.5, 0.6) is 17.2 Å². The second kappa shape index (κ2) is 6.61. The molecule has 0 atom stereocenters. The molecule has 0 aliphatic carbocycles. The summed E-state index contributed by atoms with van der Waals surface area (Å²) in [5.74, 6) is 1.14. The fourth-order valence-electron chi connectivity index (χ4n) is 1.71. The third kappa shape index (κ3) is 3.22. The molecular formula is C15H14BrFO3. The molecule has 106 valence electrons. The molecule has 0 aromatic heterocycles. The van der Waals surface area contributed by atoms with Crippen LogP contribution in [0.1, 0.15) is 5.56 Å². The number of hydrogen-bond donors (Lipinski definition) is 0. The van der Waals surface area contributed by atoms with E-state index in [1.54, 1.807) is 43.5 Å². The van der Waals surface area contributed by atoms with Crippen LogP contribution in [0.3, 0.4) is 0 Å². The van der Waals surface area contributed by atoms with Gasteiger partial charge in [-0.1, -0.05) is 12.1 Å². The molecular weight excluding hydrogens is 327 g/mol. The first-order valence-corrected chi connectivity index (χ1v) is 6.72. The van der Waals surface area contributed by atoms with Gasteiger partial charge in [0.25, 0.3) is 0 Å². The Morgan fingerprint density at radius 3 is 2.50 bits per heavy atom. The van der Waals surface area contributed by atoms with E-state index in [4.69, 9.17) is 14.2 Å². The molecule has 0 aliphatic heterocycles. The van der Waals surface area contributed by atoms with Gasteiger partial charge in [-0.25, -0.2) is 4.39 Å². The predicted molar refractivity (Wildman–Crippen MR) is 78.0 cm³/mol. The van der Waals surface area contributed by atoms with Gasteiger partial charge in [0.15, 0.2) is 11.6 Å². The average molecular weight is 341 g/mol. The van der Waals surface area contributed by atoms with Gasteiger partial charge in [0, 0.05) is 5.56 Å². The number of rotatable bonds is 5. The van der Waals surface area contributed by atoms with E-state index < -0.39 is 5.82 Å². The van der Waals surface area contributed by atoms with Crippen molar-refractivity contribution in [1.29, 1.82) is 0 Å². The third-order valence-electron chi connectivity index (χ3n) is 2.79. The quantitative estimate of drug-likeness (QED) is 0.816. The van der Waals surface area contributed by atoms with Gasteiger partial charge in [-0.2, -0.15) is 0 Å². The SMILES string of the molecule is COc1ccc(OCc2cccc(OC)c2F)c(Br)c1. The summed E-state index contributed by atoms with van der Waals surface area (Å²) in [6.45, 7) is 0.119. The molecule has 0 fully saturated rings. The van der Waals surface area contributed by atoms with Gasteiger partial charge >= 0.3 is 0 Å². The summed E-state index contributed by atoms with van der Waals surface area (Å²) >= 11 is 3.38. The zero-order valence-corrected chi connectivity index (χ0v) is 12.7. The largest absolute Gasteiger partial charge is 0.497 e. The van der Waals surface area contributed by atoms with Crippen LogP contribution in [-0.4, -0.2) is 14.2 Å². The molecule has 0 amide bonds. The molecule has 0 bridgehead atoms. The molecule has 5 heteroatoms. The number of benzene rings is 2. The minimum absolute atomic E-state index is 0.119. The topological polar surface area (TPSA) is 27.7 Å². The van der Waals surface area contributed by atoms with Crippen LogP contribution >= 0.6 is 15.9 Å². The first-order valence-electron chi connectivity index (χ1n) is 5.93. The molecule has 0 unspecified atom stereocenters. The summed E-state index contributed by atoms with van der Waals surface area (Å²) in [6.07, 6.45) is 0. The normalized spacial score (nSPS) is 10.2. The summed E-state index contributed by atoms with van der Waals surface area (Å²) in [5.41, 5.74) is 0.437. The molecule has 0 N–H and O–H groups in total. The van der Waals surface area contributed by atoms with Crippen molar-refractivity contribution in [3.63, 3.8) is 0 Å². The Labute approximate surface area is 125 Å². The van der Waals surface area contributed by atoms with E-state index in [9.17, 15) is 4.39 Å². The molecule has 0 spiro atoms. The molecule has 0 heterocycles. The predicted octanol–water partition coefficient (Wildman–Crippen LogP) is 4.18. The molecule has 3 nitrogen and oxygen atoms in total. The van der Waals surface area contributed by atoms with Gasteiger partial charge in [0.2, 0.25) is 0 Å². The number of halogens is 2. The van der Waals surface area contributed by atoms with Crippen molar-refractivity contribution in [2.24, 2.45) is 0 Å². The van der Waals surface area contributed by atoms with Crippen molar-refractivity contribution in [3.05, 3.63) is 52.3 Å². The Morgan fingerprint density at radius 1 is 1.05 bits per heavy atom. The summed E-state index contributed by atoms with van der Waals surface area (Å²) in [5, 5.41) is 0. The summed E-state index contributed by atoms with van der Waals surface area (Å²) in [4.78, 5) is 0. The van der Waals surface area contributed by atoms with Crippen molar-refractivity contribution < 1.29 is 18.6 Å². The van der Waals surface area contributed by atoms with Crippen molar-refractivity contribution in [1.82, 2.24) is 0 Å². The van der Waals surface area contributed by atoms with E-state index in [1.807, 2.05) is 0 Å². The first kappa shape index (κ1) is 14.7. The second-order valence-electron chi connectivity index (χ2n) is 4.02. The lowest BCUT2D eigenvalue weighted by molar-refractivity contribution is 0.293. The van der Waals surface area contributed by atoms with Gasteiger partial charge in [-0.15, -0.1) is 0 Å². The highest BCUT2D eigenvalue weighted by Crippen LogP contribution is 2.30. The van der Waals surface area contributed by atoms with E-state index in [0.717, 1.165) is 10.2 Å². The Balaban J connectivity index is 2.13. The molecule has 2 rings (SSSR count). The number of hydrogen-bond acceptors (Lipinski definition) is 3. The van der Waals surface area contributed by atoms with Gasteiger partial charge in [0.05, 0.1) is 18.7 Å². The summed E-state index contributed by atoms with van der Waals surface area (Å²) < 4.78 is 30.3. The van der Waals surface area contributed by atoms with Gasteiger partial charge in [-0.05, 0) is 40.2 Å². The minimum atomic E-state index is -0.403. The standard InChI is InChI=1S/C15H14BrFO3/c1-18-11-6-7-13(12(16)8-11)20-9-10-4-3-5-14(19-2)15(10)17/h3-8H,9H2,1-2H3. The van der Waals surface area contributed by atoms with Crippen molar-refractivity contribution in [2.75, 3.05) is 14.2 Å². The fraction of sp³-hybridized carbons (Fsp3) is 0.200. The maximum atomic E-state index is 14.0. The molecule has 0 saturated heterocycles. The second-order valence-corrected chi connectivity index (χ2v) is 4.87. The van der Waals surface area contributed by atoms with Gasteiger partial charge < -0.3 is 14.2 Å². The number of methoxy groups -OCH3 is 2. The van der Waals surface area contributed by atoms with E-state index in [2.05, 4.69) is 15.9 Å². The van der Waals surface area contributed by atoms with Crippen molar-refractivity contribution >= 4 is 15.9 Å². The lowest BCUT2D eigenvalue weighted by Crippen LogP contribution is -2.01.